The van der Waals surface area contributed by atoms with Crippen LogP contribution in [0.4, 0.5) is 8.78 Å². The van der Waals surface area contributed by atoms with Crippen LogP contribution < -0.4 is 20.7 Å². The Morgan fingerprint density at radius 3 is 2.45 bits per heavy atom. The van der Waals surface area contributed by atoms with Gasteiger partial charge < -0.3 is 25.8 Å². The van der Waals surface area contributed by atoms with Gasteiger partial charge in [-0.15, -0.1) is 24.0 Å². The average Bonchev–Trinajstić information content (AvgIpc) is 2.79. The highest BCUT2D eigenvalue weighted by molar-refractivity contribution is 14.0. The molecule has 0 aliphatic heterocycles. The van der Waals surface area contributed by atoms with Crippen molar-refractivity contribution in [1.29, 1.82) is 0 Å². The molecule has 0 aliphatic rings. The number of halogens is 3. The normalized spacial score (nSPS) is 12.0. The van der Waals surface area contributed by atoms with Crippen LogP contribution in [0, 0.1) is 0 Å². The number of nitrogens with one attached hydrogen (secondary N) is 3. The second-order valence-electron chi connectivity index (χ2n) is 7.00. The zero-order valence-electron chi connectivity index (χ0n) is 18.7. The Bertz CT molecular complexity index is 882. The molecule has 2 rings (SSSR count). The summed E-state index contributed by atoms with van der Waals surface area (Å²) in [6.45, 7) is 2.79. The highest BCUT2D eigenvalue weighted by Crippen LogP contribution is 2.19. The lowest BCUT2D eigenvalue weighted by Gasteiger charge is -2.16. The first-order valence-corrected chi connectivity index (χ1v) is 10.5. The first-order valence-electron chi connectivity index (χ1n) is 10.5. The maximum absolute atomic E-state index is 12.2. The van der Waals surface area contributed by atoms with E-state index in [1.165, 1.54) is 24.3 Å². The zero-order valence-corrected chi connectivity index (χ0v) is 21.0. The molecule has 0 radical (unpaired) electrons. The van der Waals surface area contributed by atoms with Crippen LogP contribution in [0.25, 0.3) is 0 Å². The van der Waals surface area contributed by atoms with Gasteiger partial charge in [0.05, 0.1) is 12.6 Å². The minimum absolute atomic E-state index is 0. The van der Waals surface area contributed by atoms with E-state index in [4.69, 9.17) is 0 Å². The molecular formula is C23H31F2IN4O3. The smallest absolute Gasteiger partial charge is 0.387 e. The molecule has 10 heteroatoms. The van der Waals surface area contributed by atoms with Crippen LogP contribution in [0.2, 0.25) is 0 Å². The van der Waals surface area contributed by atoms with E-state index in [0.29, 0.717) is 36.7 Å². The number of hydrogen-bond donors (Lipinski definition) is 4. The van der Waals surface area contributed by atoms with E-state index < -0.39 is 12.7 Å². The second-order valence-corrected chi connectivity index (χ2v) is 7.00. The fraction of sp³-hybridized carbons (Fsp3) is 0.391. The number of aliphatic hydroxyl groups excluding tert-OH is 1. The van der Waals surface area contributed by atoms with Gasteiger partial charge in [-0.25, -0.2) is 4.99 Å². The van der Waals surface area contributed by atoms with Gasteiger partial charge in [0.2, 0.25) is 0 Å². The van der Waals surface area contributed by atoms with Gasteiger partial charge in [0.1, 0.15) is 5.75 Å². The summed E-state index contributed by atoms with van der Waals surface area (Å²) in [4.78, 5) is 16.6. The van der Waals surface area contributed by atoms with Crippen molar-refractivity contribution in [3.05, 3.63) is 65.2 Å². The third-order valence-electron chi connectivity index (χ3n) is 4.44. The number of nitrogens with zero attached hydrogens (tertiary/aromatic N) is 1. The molecule has 1 unspecified atom stereocenters. The van der Waals surface area contributed by atoms with Crippen molar-refractivity contribution in [1.82, 2.24) is 16.0 Å². The van der Waals surface area contributed by atoms with Crippen molar-refractivity contribution in [3.63, 3.8) is 0 Å². The number of guanidine groups is 1. The number of alkyl halides is 2. The van der Waals surface area contributed by atoms with Crippen LogP contribution in [0.15, 0.2) is 53.5 Å². The molecule has 2 aromatic rings. The summed E-state index contributed by atoms with van der Waals surface area (Å²) in [5.74, 6) is 0.422. The third kappa shape index (κ3) is 10.3. The maximum atomic E-state index is 12.2. The van der Waals surface area contributed by atoms with Gasteiger partial charge in [-0.2, -0.15) is 8.78 Å². The summed E-state index contributed by atoms with van der Waals surface area (Å²) in [6.07, 6.45) is -0.00235. The van der Waals surface area contributed by atoms with E-state index in [-0.39, 0.29) is 42.2 Å². The van der Waals surface area contributed by atoms with E-state index in [0.717, 1.165) is 12.0 Å². The van der Waals surface area contributed by atoms with Gasteiger partial charge in [0.25, 0.3) is 5.91 Å². The van der Waals surface area contributed by atoms with Crippen molar-refractivity contribution in [2.45, 2.75) is 39.5 Å². The summed E-state index contributed by atoms with van der Waals surface area (Å²) in [6, 6.07) is 13.1. The number of carbonyl (C=O) groups excluding carboxylic acids is 1. The van der Waals surface area contributed by atoms with E-state index in [1.54, 1.807) is 12.1 Å². The number of ether oxygens (including phenoxy) is 1. The monoisotopic (exact) mass is 576 g/mol. The van der Waals surface area contributed by atoms with Crippen molar-refractivity contribution in [3.8, 4) is 5.75 Å². The molecule has 0 aromatic heterocycles. The predicted molar refractivity (Wildman–Crippen MR) is 135 cm³/mol. The molecule has 1 amide bonds. The van der Waals surface area contributed by atoms with Crippen molar-refractivity contribution >= 4 is 35.8 Å². The molecule has 182 valence electrons. The molecule has 0 aliphatic carbocycles. The van der Waals surface area contributed by atoms with Crippen LogP contribution in [0.1, 0.15) is 47.9 Å². The number of hydrogen-bond acceptors (Lipinski definition) is 4. The number of aliphatic hydroxyl groups is 1. The predicted octanol–water partition coefficient (Wildman–Crippen LogP) is 3.83. The third-order valence-corrected chi connectivity index (χ3v) is 4.44. The quantitative estimate of drug-likeness (QED) is 0.185. The van der Waals surface area contributed by atoms with E-state index in [9.17, 15) is 18.7 Å². The Morgan fingerprint density at radius 2 is 1.82 bits per heavy atom. The van der Waals surface area contributed by atoms with Crippen molar-refractivity contribution in [2.24, 2.45) is 4.99 Å². The van der Waals surface area contributed by atoms with Gasteiger partial charge in [-0.3, -0.25) is 4.79 Å². The summed E-state index contributed by atoms with van der Waals surface area (Å²) >= 11 is 0. The first kappa shape index (κ1) is 28.6. The number of benzene rings is 2. The van der Waals surface area contributed by atoms with Gasteiger partial charge in [0.15, 0.2) is 5.96 Å². The molecular weight excluding hydrogens is 545 g/mol. The minimum Gasteiger partial charge on any atom is -0.435 e. The number of amides is 1. The highest BCUT2D eigenvalue weighted by atomic mass is 127. The van der Waals surface area contributed by atoms with Crippen LogP contribution in [-0.2, 0) is 6.54 Å². The average molecular weight is 576 g/mol. The molecule has 0 saturated heterocycles. The number of aliphatic imine (C=N–C) groups is 1. The Labute approximate surface area is 210 Å². The maximum Gasteiger partial charge on any atom is 0.387 e. The topological polar surface area (TPSA) is 95.0 Å². The molecule has 33 heavy (non-hydrogen) atoms. The Balaban J connectivity index is 0.00000544. The number of rotatable bonds is 11. The molecule has 0 spiro atoms. The van der Waals surface area contributed by atoms with E-state index in [1.807, 2.05) is 26.0 Å². The van der Waals surface area contributed by atoms with E-state index in [2.05, 4.69) is 25.7 Å². The molecule has 0 saturated carbocycles. The van der Waals surface area contributed by atoms with Crippen molar-refractivity contribution in [2.75, 3.05) is 19.6 Å². The van der Waals surface area contributed by atoms with Gasteiger partial charge in [-0.1, -0.05) is 31.2 Å². The fourth-order valence-electron chi connectivity index (χ4n) is 2.85. The lowest BCUT2D eigenvalue weighted by Crippen LogP contribution is -2.39. The summed E-state index contributed by atoms with van der Waals surface area (Å²) in [5, 5.41) is 19.4. The standard InChI is InChI=1S/C23H30F2N4O3.HI/c1-3-12-27-21(31)18-7-5-6-16(13-18)14-28-23(26-4-2)29-15-20(30)17-8-10-19(11-9-17)32-22(24)25;/h5-11,13,20,22,30H,3-4,12,14-15H2,1-2H3,(H,27,31)(H2,26,28,29);1H. The largest absolute Gasteiger partial charge is 0.435 e. The summed E-state index contributed by atoms with van der Waals surface area (Å²) in [7, 11) is 0. The second kappa shape index (κ2) is 15.4. The van der Waals surface area contributed by atoms with Crippen LogP contribution in [0.3, 0.4) is 0 Å². The molecule has 0 bridgehead atoms. The lowest BCUT2D eigenvalue weighted by molar-refractivity contribution is -0.0498. The molecule has 2 aromatic carbocycles. The van der Waals surface area contributed by atoms with Gasteiger partial charge in [-0.05, 0) is 48.7 Å². The highest BCUT2D eigenvalue weighted by Gasteiger charge is 2.11. The Hall–Kier alpha value is -2.47. The molecule has 0 heterocycles. The zero-order chi connectivity index (χ0) is 23.3. The molecule has 7 nitrogen and oxygen atoms in total. The van der Waals surface area contributed by atoms with Crippen molar-refractivity contribution < 1.29 is 23.4 Å². The van der Waals surface area contributed by atoms with Crippen LogP contribution >= 0.6 is 24.0 Å². The molecule has 4 N–H and O–H groups in total. The van der Waals surface area contributed by atoms with Crippen LogP contribution in [0.5, 0.6) is 5.75 Å². The Morgan fingerprint density at radius 1 is 1.09 bits per heavy atom. The Kier molecular flexibility index (Phi) is 13.3. The minimum atomic E-state index is -2.89. The summed E-state index contributed by atoms with van der Waals surface area (Å²) < 4.78 is 28.8. The van der Waals surface area contributed by atoms with E-state index >= 15 is 0 Å². The lowest BCUT2D eigenvalue weighted by atomic mass is 10.1. The van der Waals surface area contributed by atoms with Gasteiger partial charge >= 0.3 is 6.61 Å². The van der Waals surface area contributed by atoms with Gasteiger partial charge in [0, 0.05) is 25.2 Å². The summed E-state index contributed by atoms with van der Waals surface area (Å²) in [5.41, 5.74) is 2.01. The SMILES string of the molecule is CCCNC(=O)c1cccc(CN=C(NCC)NCC(O)c2ccc(OC(F)F)cc2)c1.I. The molecule has 0 fully saturated rings. The molecule has 1 atom stereocenters. The number of carbonyl (C=O) groups is 1. The van der Waals surface area contributed by atoms with Crippen LogP contribution in [-0.4, -0.2) is 43.2 Å². The first-order chi connectivity index (χ1) is 15.4. The fourth-order valence-corrected chi connectivity index (χ4v) is 2.85.